The van der Waals surface area contributed by atoms with E-state index in [1.165, 1.54) is 35.7 Å². The molecule has 1 atom stereocenters. The minimum Gasteiger partial charge on any atom is -0.364 e. The Kier molecular flexibility index (Phi) is 5.96. The Morgan fingerprint density at radius 1 is 1.10 bits per heavy atom. The van der Waals surface area contributed by atoms with Gasteiger partial charge in [-0.15, -0.1) is 0 Å². The fourth-order valence-corrected chi connectivity index (χ4v) is 3.21. The van der Waals surface area contributed by atoms with Gasteiger partial charge in [0.1, 0.15) is 17.7 Å². The average Bonchev–Trinajstić information content (AvgIpc) is 3.16. The van der Waals surface area contributed by atoms with Crippen LogP contribution in [0.15, 0.2) is 42.9 Å². The molecule has 1 aromatic carbocycles. The number of rotatable bonds is 6. The molecule has 0 saturated heterocycles. The van der Waals surface area contributed by atoms with Gasteiger partial charge in [-0.2, -0.15) is 13.2 Å². The first-order valence-corrected chi connectivity index (χ1v) is 9.28. The molecule has 1 unspecified atom stereocenters. The Hall–Kier alpha value is -3.54. The average molecular weight is 436 g/mol. The second-order valence-corrected chi connectivity index (χ2v) is 7.18. The molecule has 0 fully saturated rings. The maximum Gasteiger partial charge on any atom is 0.416 e. The van der Waals surface area contributed by atoms with Gasteiger partial charge in [0.05, 0.1) is 11.6 Å². The zero-order valence-electron chi connectivity index (χ0n) is 15.4. The number of benzene rings is 1. The smallest absolute Gasteiger partial charge is 0.364 e. The lowest BCUT2D eigenvalue weighted by Crippen LogP contribution is -2.27. The predicted molar refractivity (Wildman–Crippen MR) is 103 cm³/mol. The van der Waals surface area contributed by atoms with Crippen molar-refractivity contribution in [2.45, 2.75) is 19.1 Å². The van der Waals surface area contributed by atoms with E-state index in [-0.39, 0.29) is 11.4 Å². The molecule has 4 N–H and O–H groups in total. The number of primary amides is 1. The first-order chi connectivity index (χ1) is 14.1. The van der Waals surface area contributed by atoms with Crippen LogP contribution >= 0.6 is 11.3 Å². The quantitative estimate of drug-likeness (QED) is 0.545. The summed E-state index contributed by atoms with van der Waals surface area (Å²) >= 11 is 1.22. The van der Waals surface area contributed by atoms with Gasteiger partial charge < -0.3 is 16.4 Å². The van der Waals surface area contributed by atoms with Gasteiger partial charge in [-0.1, -0.05) is 11.3 Å². The van der Waals surface area contributed by atoms with Crippen molar-refractivity contribution in [3.63, 3.8) is 0 Å². The molecule has 12 heteroatoms. The predicted octanol–water partition coefficient (Wildman–Crippen LogP) is 3.29. The molecule has 2 aromatic heterocycles. The highest BCUT2D eigenvalue weighted by molar-refractivity contribution is 7.15. The number of halogens is 3. The lowest BCUT2D eigenvalue weighted by Gasteiger charge is -2.11. The molecule has 0 aliphatic rings. The molecule has 0 aliphatic heterocycles. The van der Waals surface area contributed by atoms with Gasteiger partial charge in [-0.25, -0.2) is 15.0 Å². The summed E-state index contributed by atoms with van der Waals surface area (Å²) in [5.74, 6) is -1.31. The number of amides is 2. The normalized spacial score (nSPS) is 12.3. The van der Waals surface area contributed by atoms with Crippen molar-refractivity contribution in [3.05, 3.63) is 64.7 Å². The van der Waals surface area contributed by atoms with Crippen molar-refractivity contribution in [1.82, 2.24) is 20.3 Å². The van der Waals surface area contributed by atoms with Gasteiger partial charge in [-0.3, -0.25) is 9.59 Å². The lowest BCUT2D eigenvalue weighted by molar-refractivity contribution is -0.137. The molecule has 0 aliphatic carbocycles. The van der Waals surface area contributed by atoms with E-state index in [0.29, 0.717) is 15.7 Å². The number of anilines is 2. The molecule has 2 amide bonds. The van der Waals surface area contributed by atoms with Crippen LogP contribution in [0.1, 0.15) is 44.4 Å². The monoisotopic (exact) mass is 436 g/mol. The third-order valence-corrected chi connectivity index (χ3v) is 5.01. The van der Waals surface area contributed by atoms with Crippen LogP contribution in [0, 0.1) is 0 Å². The molecule has 30 heavy (non-hydrogen) atoms. The number of hydrogen-bond acceptors (Lipinski definition) is 7. The van der Waals surface area contributed by atoms with Crippen molar-refractivity contribution < 1.29 is 22.8 Å². The van der Waals surface area contributed by atoms with Crippen LogP contribution in [0.4, 0.5) is 24.0 Å². The summed E-state index contributed by atoms with van der Waals surface area (Å²) in [6.07, 6.45) is -1.79. The van der Waals surface area contributed by atoms with Gasteiger partial charge >= 0.3 is 6.18 Å². The van der Waals surface area contributed by atoms with Gasteiger partial charge in [0.15, 0.2) is 5.13 Å². The first kappa shape index (κ1) is 21.2. The molecule has 0 radical (unpaired) electrons. The molecule has 0 bridgehead atoms. The molecule has 0 saturated carbocycles. The minimum atomic E-state index is -4.40. The molecular weight excluding hydrogens is 421 g/mol. The van der Waals surface area contributed by atoms with E-state index in [4.69, 9.17) is 5.73 Å². The number of alkyl halides is 3. The summed E-state index contributed by atoms with van der Waals surface area (Å²) in [5, 5.41) is 6.08. The number of carbonyl (C=O) groups is 2. The van der Waals surface area contributed by atoms with E-state index >= 15 is 0 Å². The van der Waals surface area contributed by atoms with Crippen LogP contribution in [0.5, 0.6) is 0 Å². The molecule has 156 valence electrons. The fraction of sp³-hybridized carbons (Fsp3) is 0.167. The zero-order chi connectivity index (χ0) is 21.9. The maximum absolute atomic E-state index is 12.6. The van der Waals surface area contributed by atoms with Crippen LogP contribution < -0.4 is 16.4 Å². The third-order valence-electron chi connectivity index (χ3n) is 3.91. The van der Waals surface area contributed by atoms with Crippen molar-refractivity contribution in [3.8, 4) is 0 Å². The van der Waals surface area contributed by atoms with Crippen molar-refractivity contribution in [1.29, 1.82) is 0 Å². The van der Waals surface area contributed by atoms with Crippen LogP contribution in [-0.4, -0.2) is 26.8 Å². The Morgan fingerprint density at radius 3 is 2.40 bits per heavy atom. The standard InChI is InChI=1S/C18H15F3N6O2S/c1-9(26-16(29)13-6-12(15(22)28)24-8-25-13)14-7-23-17(30-14)27-11-4-2-10(3-5-11)18(19,20)21/h2-9H,1H3,(H2,22,28)(H,23,27)(H,26,29). The van der Waals surface area contributed by atoms with Crippen LogP contribution in [0.2, 0.25) is 0 Å². The fourth-order valence-electron chi connectivity index (χ4n) is 2.37. The Balaban J connectivity index is 1.64. The van der Waals surface area contributed by atoms with E-state index in [1.807, 2.05) is 0 Å². The van der Waals surface area contributed by atoms with E-state index in [2.05, 4.69) is 25.6 Å². The summed E-state index contributed by atoms with van der Waals surface area (Å²) in [4.78, 5) is 35.9. The number of nitrogens with two attached hydrogens (primary N) is 1. The van der Waals surface area contributed by atoms with Gasteiger partial charge in [-0.05, 0) is 31.2 Å². The summed E-state index contributed by atoms with van der Waals surface area (Å²) in [7, 11) is 0. The number of thiazole rings is 1. The topological polar surface area (TPSA) is 123 Å². The molecule has 3 aromatic rings. The van der Waals surface area contributed by atoms with E-state index in [0.717, 1.165) is 18.5 Å². The Morgan fingerprint density at radius 2 is 1.77 bits per heavy atom. The van der Waals surface area contributed by atoms with Gasteiger partial charge in [0, 0.05) is 22.8 Å². The highest BCUT2D eigenvalue weighted by Crippen LogP contribution is 2.31. The third kappa shape index (κ3) is 5.08. The minimum absolute atomic E-state index is 0.0155. The van der Waals surface area contributed by atoms with E-state index in [9.17, 15) is 22.8 Å². The van der Waals surface area contributed by atoms with Crippen LogP contribution in [0.25, 0.3) is 0 Å². The molecule has 8 nitrogen and oxygen atoms in total. The van der Waals surface area contributed by atoms with Crippen LogP contribution in [0.3, 0.4) is 0 Å². The maximum atomic E-state index is 12.6. The number of nitrogens with zero attached hydrogens (tertiary/aromatic N) is 3. The number of nitrogens with one attached hydrogen (secondary N) is 2. The van der Waals surface area contributed by atoms with E-state index < -0.39 is 29.6 Å². The molecular formula is C18H15F3N6O2S. The highest BCUT2D eigenvalue weighted by atomic mass is 32.1. The first-order valence-electron chi connectivity index (χ1n) is 8.46. The molecule has 0 spiro atoms. The molecule has 2 heterocycles. The van der Waals surface area contributed by atoms with Crippen molar-refractivity contribution >= 4 is 34.0 Å². The SMILES string of the molecule is CC(NC(=O)c1cc(C(N)=O)ncn1)c1cnc(Nc2ccc(C(F)(F)F)cc2)s1. The van der Waals surface area contributed by atoms with Crippen LogP contribution in [-0.2, 0) is 6.18 Å². The lowest BCUT2D eigenvalue weighted by atomic mass is 10.2. The van der Waals surface area contributed by atoms with Gasteiger partial charge in [0.25, 0.3) is 11.8 Å². The second kappa shape index (κ2) is 8.45. The largest absolute Gasteiger partial charge is 0.416 e. The summed E-state index contributed by atoms with van der Waals surface area (Å²) in [6, 6.07) is 5.31. The van der Waals surface area contributed by atoms with Crippen molar-refractivity contribution in [2.24, 2.45) is 5.73 Å². The summed E-state index contributed by atoms with van der Waals surface area (Å²) in [6.45, 7) is 1.73. The van der Waals surface area contributed by atoms with E-state index in [1.54, 1.807) is 6.92 Å². The second-order valence-electron chi connectivity index (χ2n) is 6.12. The summed E-state index contributed by atoms with van der Waals surface area (Å²) in [5.41, 5.74) is 4.75. The number of hydrogen-bond donors (Lipinski definition) is 3. The number of carbonyl (C=O) groups excluding carboxylic acids is 2. The Bertz CT molecular complexity index is 1070. The Labute approximate surface area is 172 Å². The van der Waals surface area contributed by atoms with Gasteiger partial charge in [0.2, 0.25) is 0 Å². The van der Waals surface area contributed by atoms with Crippen molar-refractivity contribution in [2.75, 3.05) is 5.32 Å². The molecule has 3 rings (SSSR count). The zero-order valence-corrected chi connectivity index (χ0v) is 16.2. The summed E-state index contributed by atoms with van der Waals surface area (Å²) < 4.78 is 37.9. The number of aromatic nitrogens is 3. The highest BCUT2D eigenvalue weighted by Gasteiger charge is 2.30.